The van der Waals surface area contributed by atoms with Crippen LogP contribution < -0.4 is 5.73 Å². The van der Waals surface area contributed by atoms with Crippen LogP contribution in [-0.4, -0.2) is 46.1 Å². The molecule has 18 heavy (non-hydrogen) atoms. The number of thiophene rings is 1. The molecule has 0 saturated carbocycles. The second-order valence-electron chi connectivity index (χ2n) is 4.09. The van der Waals surface area contributed by atoms with Crippen molar-refractivity contribution in [2.24, 2.45) is 5.73 Å². The molecule has 0 amide bonds. The Balaban J connectivity index is 2.90. The van der Waals surface area contributed by atoms with E-state index in [9.17, 15) is 8.42 Å². The molecule has 0 fully saturated rings. The van der Waals surface area contributed by atoms with Crippen molar-refractivity contribution in [2.45, 2.75) is 23.6 Å². The molecule has 0 bridgehead atoms. The fraction of sp³-hybridized carbons (Fsp3) is 0.636. The minimum atomic E-state index is -3.43. The van der Waals surface area contributed by atoms with Crippen LogP contribution in [-0.2, 0) is 21.2 Å². The van der Waals surface area contributed by atoms with Crippen LogP contribution >= 0.6 is 11.3 Å². The summed E-state index contributed by atoms with van der Waals surface area (Å²) in [5, 5.41) is 0. The monoisotopic (exact) mass is 292 g/mol. The highest BCUT2D eigenvalue weighted by molar-refractivity contribution is 7.91. The zero-order chi connectivity index (χ0) is 13.8. The molecule has 1 heterocycles. The number of hydrogen-bond donors (Lipinski definition) is 1. The van der Waals surface area contributed by atoms with Crippen molar-refractivity contribution >= 4 is 21.4 Å². The van der Waals surface area contributed by atoms with E-state index in [1.165, 1.54) is 15.6 Å². The molecule has 0 radical (unpaired) electrons. The maximum Gasteiger partial charge on any atom is 0.252 e. The minimum absolute atomic E-state index is 0.194. The standard InChI is InChI=1S/C11H20N2O3S2/c1-9(8-16-3)13(2)18(14,15)11-5-4-10(17-11)6-7-12/h4-5,9H,6-8,12H2,1-3H3. The molecule has 104 valence electrons. The Labute approximate surface area is 113 Å². The van der Waals surface area contributed by atoms with E-state index in [2.05, 4.69) is 0 Å². The molecule has 0 aliphatic heterocycles. The number of ether oxygens (including phenoxy) is 1. The van der Waals surface area contributed by atoms with Gasteiger partial charge in [0.05, 0.1) is 6.61 Å². The van der Waals surface area contributed by atoms with Crippen LogP contribution in [0.5, 0.6) is 0 Å². The van der Waals surface area contributed by atoms with Crippen LogP contribution in [0.25, 0.3) is 0 Å². The summed E-state index contributed by atoms with van der Waals surface area (Å²) in [5.74, 6) is 0. The van der Waals surface area contributed by atoms with Crippen LogP contribution in [0, 0.1) is 0 Å². The summed E-state index contributed by atoms with van der Waals surface area (Å²) in [6.45, 7) is 2.71. The fourth-order valence-corrected chi connectivity index (χ4v) is 4.40. The first-order chi connectivity index (χ1) is 8.43. The van der Waals surface area contributed by atoms with Gasteiger partial charge in [-0.15, -0.1) is 11.3 Å². The molecule has 7 heteroatoms. The summed E-state index contributed by atoms with van der Waals surface area (Å²) in [4.78, 5) is 0.990. The molecular weight excluding hydrogens is 272 g/mol. The second kappa shape index (κ2) is 6.63. The van der Waals surface area contributed by atoms with Gasteiger partial charge in [-0.3, -0.25) is 0 Å². The van der Waals surface area contributed by atoms with Gasteiger partial charge >= 0.3 is 0 Å². The minimum Gasteiger partial charge on any atom is -0.383 e. The Bertz CT molecular complexity index is 470. The first kappa shape index (κ1) is 15.6. The zero-order valence-corrected chi connectivity index (χ0v) is 12.6. The SMILES string of the molecule is COCC(C)N(C)S(=O)(=O)c1ccc(CCN)s1. The van der Waals surface area contributed by atoms with Crippen molar-refractivity contribution in [3.8, 4) is 0 Å². The molecule has 0 aliphatic rings. The number of sulfonamides is 1. The largest absolute Gasteiger partial charge is 0.383 e. The molecule has 1 unspecified atom stereocenters. The van der Waals surface area contributed by atoms with Gasteiger partial charge in [-0.05, 0) is 32.0 Å². The molecule has 1 rings (SSSR count). The Morgan fingerprint density at radius 3 is 2.72 bits per heavy atom. The van der Waals surface area contributed by atoms with Crippen LogP contribution in [0.1, 0.15) is 11.8 Å². The first-order valence-corrected chi connectivity index (χ1v) is 7.95. The normalized spacial score (nSPS) is 14.1. The van der Waals surface area contributed by atoms with Gasteiger partial charge in [0.25, 0.3) is 10.0 Å². The Kier molecular flexibility index (Phi) is 5.74. The van der Waals surface area contributed by atoms with E-state index >= 15 is 0 Å². The molecule has 0 spiro atoms. The smallest absolute Gasteiger partial charge is 0.252 e. The third kappa shape index (κ3) is 3.52. The Morgan fingerprint density at radius 2 is 2.17 bits per heavy atom. The lowest BCUT2D eigenvalue weighted by Crippen LogP contribution is -2.37. The molecule has 0 aliphatic carbocycles. The molecular formula is C11H20N2O3S2. The van der Waals surface area contributed by atoms with E-state index in [0.717, 1.165) is 4.88 Å². The quantitative estimate of drug-likeness (QED) is 0.810. The van der Waals surface area contributed by atoms with E-state index in [1.54, 1.807) is 20.2 Å². The lowest BCUT2D eigenvalue weighted by Gasteiger charge is -2.22. The van der Waals surface area contributed by atoms with Gasteiger partial charge in [0, 0.05) is 25.1 Å². The number of methoxy groups -OCH3 is 1. The van der Waals surface area contributed by atoms with Gasteiger partial charge in [-0.2, -0.15) is 4.31 Å². The Morgan fingerprint density at radius 1 is 1.50 bits per heavy atom. The van der Waals surface area contributed by atoms with Crippen molar-refractivity contribution in [3.63, 3.8) is 0 Å². The predicted molar refractivity (Wildman–Crippen MR) is 73.4 cm³/mol. The molecule has 2 N–H and O–H groups in total. The summed E-state index contributed by atoms with van der Waals surface area (Å²) in [7, 11) is -0.299. The van der Waals surface area contributed by atoms with Crippen molar-refractivity contribution in [1.82, 2.24) is 4.31 Å². The summed E-state index contributed by atoms with van der Waals surface area (Å²) in [5.41, 5.74) is 5.46. The molecule has 1 aromatic rings. The van der Waals surface area contributed by atoms with Crippen molar-refractivity contribution < 1.29 is 13.2 Å². The predicted octanol–water partition coefficient (Wildman–Crippen LogP) is 0.905. The number of nitrogens with zero attached hydrogens (tertiary/aromatic N) is 1. The van der Waals surface area contributed by atoms with Gasteiger partial charge in [-0.25, -0.2) is 8.42 Å². The molecule has 0 aromatic carbocycles. The fourth-order valence-electron chi connectivity index (χ4n) is 1.50. The van der Waals surface area contributed by atoms with Crippen LogP contribution in [0.4, 0.5) is 0 Å². The number of rotatable bonds is 7. The molecule has 5 nitrogen and oxygen atoms in total. The van der Waals surface area contributed by atoms with Gasteiger partial charge in [0.15, 0.2) is 0 Å². The lowest BCUT2D eigenvalue weighted by molar-refractivity contribution is 0.149. The molecule has 1 atom stereocenters. The highest BCUT2D eigenvalue weighted by atomic mass is 32.2. The maximum atomic E-state index is 12.3. The molecule has 1 aromatic heterocycles. The highest BCUT2D eigenvalue weighted by Gasteiger charge is 2.26. The van der Waals surface area contributed by atoms with Crippen molar-refractivity contribution in [1.29, 1.82) is 0 Å². The Hall–Kier alpha value is -0.470. The summed E-state index contributed by atoms with van der Waals surface area (Å²) in [6.07, 6.45) is 0.706. The highest BCUT2D eigenvalue weighted by Crippen LogP contribution is 2.25. The molecule has 0 saturated heterocycles. The number of hydrogen-bond acceptors (Lipinski definition) is 5. The average Bonchev–Trinajstić information content (AvgIpc) is 2.78. The maximum absolute atomic E-state index is 12.3. The third-order valence-corrected chi connectivity index (χ3v) is 6.27. The topological polar surface area (TPSA) is 72.6 Å². The number of nitrogens with two attached hydrogens (primary N) is 1. The zero-order valence-electron chi connectivity index (χ0n) is 10.9. The first-order valence-electron chi connectivity index (χ1n) is 5.69. The van der Waals surface area contributed by atoms with Crippen LogP contribution in [0.3, 0.4) is 0 Å². The van der Waals surface area contributed by atoms with E-state index < -0.39 is 10.0 Å². The van der Waals surface area contributed by atoms with E-state index in [1.807, 2.05) is 13.0 Å². The second-order valence-corrected chi connectivity index (χ2v) is 7.48. The van der Waals surface area contributed by atoms with E-state index in [4.69, 9.17) is 10.5 Å². The summed E-state index contributed by atoms with van der Waals surface area (Å²) < 4.78 is 31.3. The summed E-state index contributed by atoms with van der Waals surface area (Å²) >= 11 is 1.28. The van der Waals surface area contributed by atoms with Crippen molar-refractivity contribution in [3.05, 3.63) is 17.0 Å². The van der Waals surface area contributed by atoms with Gasteiger partial charge in [0.2, 0.25) is 0 Å². The average molecular weight is 292 g/mol. The van der Waals surface area contributed by atoms with Crippen LogP contribution in [0.2, 0.25) is 0 Å². The van der Waals surface area contributed by atoms with E-state index in [-0.39, 0.29) is 6.04 Å². The van der Waals surface area contributed by atoms with Gasteiger partial charge < -0.3 is 10.5 Å². The summed E-state index contributed by atoms with van der Waals surface area (Å²) in [6, 6.07) is 3.26. The van der Waals surface area contributed by atoms with Crippen molar-refractivity contribution in [2.75, 3.05) is 27.3 Å². The van der Waals surface area contributed by atoms with Gasteiger partial charge in [-0.1, -0.05) is 0 Å². The van der Waals surface area contributed by atoms with Crippen LogP contribution in [0.15, 0.2) is 16.3 Å². The lowest BCUT2D eigenvalue weighted by atomic mass is 10.3. The third-order valence-electron chi connectivity index (χ3n) is 2.69. The van der Waals surface area contributed by atoms with E-state index in [0.29, 0.717) is 23.8 Å². The van der Waals surface area contributed by atoms with Gasteiger partial charge in [0.1, 0.15) is 4.21 Å². The number of likely N-dealkylation sites (N-methyl/N-ethyl adjacent to an activating group) is 1.